The van der Waals surface area contributed by atoms with Crippen LogP contribution in [0.25, 0.3) is 0 Å². The van der Waals surface area contributed by atoms with Crippen LogP contribution < -0.4 is 10.1 Å². The number of nitrogens with one attached hydrogen (secondary N) is 1. The molecular formula is C17H27NO3. The van der Waals surface area contributed by atoms with E-state index < -0.39 is 11.4 Å². The Balaban J connectivity index is 2.82. The second-order valence-corrected chi connectivity index (χ2v) is 6.22. The molecule has 1 aromatic carbocycles. The highest BCUT2D eigenvalue weighted by atomic mass is 16.5. The van der Waals surface area contributed by atoms with Crippen LogP contribution in [0.3, 0.4) is 0 Å². The molecule has 0 bridgehead atoms. The maximum absolute atomic E-state index is 11.3. The highest BCUT2D eigenvalue weighted by molar-refractivity contribution is 5.74. The van der Waals surface area contributed by atoms with E-state index in [1.165, 1.54) is 0 Å². The third-order valence-corrected chi connectivity index (χ3v) is 3.67. The van der Waals surface area contributed by atoms with Crippen LogP contribution in [0.15, 0.2) is 12.1 Å². The van der Waals surface area contributed by atoms with Crippen molar-refractivity contribution in [3.8, 4) is 5.75 Å². The van der Waals surface area contributed by atoms with Crippen LogP contribution in [0.4, 0.5) is 0 Å². The summed E-state index contributed by atoms with van der Waals surface area (Å²) in [5.41, 5.74) is 2.45. The molecule has 0 atom stereocenters. The number of carboxylic acids is 1. The number of benzene rings is 1. The molecule has 118 valence electrons. The minimum absolute atomic E-state index is 0.523. The van der Waals surface area contributed by atoms with Gasteiger partial charge in [-0.25, -0.2) is 0 Å². The molecule has 0 radical (unpaired) electrons. The second kappa shape index (κ2) is 7.46. The molecule has 0 saturated carbocycles. The zero-order valence-electron chi connectivity index (χ0n) is 13.7. The average Bonchev–Trinajstić information content (AvgIpc) is 2.39. The lowest BCUT2D eigenvalue weighted by atomic mass is 9.84. The lowest BCUT2D eigenvalue weighted by molar-refractivity contribution is -0.146. The van der Waals surface area contributed by atoms with Crippen molar-refractivity contribution in [1.82, 2.24) is 5.32 Å². The minimum Gasteiger partial charge on any atom is -0.493 e. The van der Waals surface area contributed by atoms with E-state index >= 15 is 0 Å². The third-order valence-electron chi connectivity index (χ3n) is 3.67. The minimum atomic E-state index is -0.771. The summed E-state index contributed by atoms with van der Waals surface area (Å²) in [6, 6.07) is 4.06. The molecule has 2 N–H and O–H groups in total. The summed E-state index contributed by atoms with van der Waals surface area (Å²) in [5, 5.41) is 12.3. The first-order chi connectivity index (χ1) is 9.77. The van der Waals surface area contributed by atoms with Gasteiger partial charge in [0.1, 0.15) is 5.75 Å². The van der Waals surface area contributed by atoms with Crippen molar-refractivity contribution in [3.05, 3.63) is 28.8 Å². The van der Waals surface area contributed by atoms with Crippen LogP contribution in [0.5, 0.6) is 5.75 Å². The SMILES string of the molecule is CNCCCOc1cc(C)c(CC(C)(C)C(=O)O)cc1C. The monoisotopic (exact) mass is 293 g/mol. The van der Waals surface area contributed by atoms with Crippen LogP contribution in [0.1, 0.15) is 37.0 Å². The van der Waals surface area contributed by atoms with Crippen molar-refractivity contribution < 1.29 is 14.6 Å². The van der Waals surface area contributed by atoms with Crippen LogP contribution in [-0.4, -0.2) is 31.3 Å². The van der Waals surface area contributed by atoms with Gasteiger partial charge < -0.3 is 15.2 Å². The maximum atomic E-state index is 11.3. The fourth-order valence-corrected chi connectivity index (χ4v) is 2.18. The molecule has 0 amide bonds. The Morgan fingerprint density at radius 1 is 1.29 bits per heavy atom. The quantitative estimate of drug-likeness (QED) is 0.724. The molecule has 0 heterocycles. The van der Waals surface area contributed by atoms with Gasteiger partial charge in [-0.3, -0.25) is 4.79 Å². The van der Waals surface area contributed by atoms with Gasteiger partial charge in [-0.2, -0.15) is 0 Å². The molecule has 0 aliphatic carbocycles. The molecule has 0 aliphatic rings. The molecule has 0 aromatic heterocycles. The van der Waals surface area contributed by atoms with Gasteiger partial charge in [-0.1, -0.05) is 6.07 Å². The van der Waals surface area contributed by atoms with Gasteiger partial charge >= 0.3 is 5.97 Å². The Morgan fingerprint density at radius 3 is 2.52 bits per heavy atom. The van der Waals surface area contributed by atoms with E-state index in [4.69, 9.17) is 4.74 Å². The molecule has 0 fully saturated rings. The van der Waals surface area contributed by atoms with Crippen molar-refractivity contribution >= 4 is 5.97 Å². The number of ether oxygens (including phenoxy) is 1. The van der Waals surface area contributed by atoms with Crippen molar-refractivity contribution in [1.29, 1.82) is 0 Å². The summed E-state index contributed by atoms with van der Waals surface area (Å²) in [5.74, 6) is 0.118. The number of aliphatic carboxylic acids is 1. The van der Waals surface area contributed by atoms with E-state index in [0.29, 0.717) is 13.0 Å². The first kappa shape index (κ1) is 17.5. The number of rotatable bonds is 8. The topological polar surface area (TPSA) is 58.6 Å². The van der Waals surface area contributed by atoms with E-state index in [9.17, 15) is 9.90 Å². The average molecular weight is 293 g/mol. The predicted molar refractivity (Wildman–Crippen MR) is 85.1 cm³/mol. The van der Waals surface area contributed by atoms with E-state index in [1.54, 1.807) is 13.8 Å². The van der Waals surface area contributed by atoms with Gasteiger partial charge in [-0.05, 0) is 76.9 Å². The Labute approximate surface area is 127 Å². The van der Waals surface area contributed by atoms with Crippen molar-refractivity contribution in [2.45, 2.75) is 40.5 Å². The fraction of sp³-hybridized carbons (Fsp3) is 0.588. The highest BCUT2D eigenvalue weighted by Crippen LogP contribution is 2.29. The third kappa shape index (κ3) is 5.05. The molecule has 21 heavy (non-hydrogen) atoms. The smallest absolute Gasteiger partial charge is 0.309 e. The van der Waals surface area contributed by atoms with Gasteiger partial charge in [-0.15, -0.1) is 0 Å². The molecule has 4 heteroatoms. The highest BCUT2D eigenvalue weighted by Gasteiger charge is 2.28. The van der Waals surface area contributed by atoms with Gasteiger partial charge in [0.15, 0.2) is 0 Å². The fourth-order valence-electron chi connectivity index (χ4n) is 2.18. The summed E-state index contributed by atoms with van der Waals surface area (Å²) in [6.07, 6.45) is 1.48. The Morgan fingerprint density at radius 2 is 1.95 bits per heavy atom. The molecule has 0 saturated heterocycles. The second-order valence-electron chi connectivity index (χ2n) is 6.22. The number of hydrogen-bond acceptors (Lipinski definition) is 3. The lowest BCUT2D eigenvalue weighted by Gasteiger charge is -2.21. The Bertz CT molecular complexity index is 495. The lowest BCUT2D eigenvalue weighted by Crippen LogP contribution is -2.26. The molecular weight excluding hydrogens is 266 g/mol. The molecule has 0 spiro atoms. The Kier molecular flexibility index (Phi) is 6.21. The number of hydrogen-bond donors (Lipinski definition) is 2. The van der Waals surface area contributed by atoms with E-state index in [-0.39, 0.29) is 0 Å². The molecule has 1 rings (SSSR count). The zero-order chi connectivity index (χ0) is 16.0. The maximum Gasteiger partial charge on any atom is 0.309 e. The molecule has 1 aromatic rings. The van der Waals surface area contributed by atoms with E-state index in [1.807, 2.05) is 33.0 Å². The number of aryl methyl sites for hydroxylation is 2. The van der Waals surface area contributed by atoms with Crippen LogP contribution in [0, 0.1) is 19.3 Å². The molecule has 4 nitrogen and oxygen atoms in total. The summed E-state index contributed by atoms with van der Waals surface area (Å²) in [6.45, 7) is 9.14. The number of carboxylic acid groups (broad SMARTS) is 1. The van der Waals surface area contributed by atoms with Crippen molar-refractivity contribution in [3.63, 3.8) is 0 Å². The largest absolute Gasteiger partial charge is 0.493 e. The molecule has 0 aliphatic heterocycles. The van der Waals surface area contributed by atoms with Crippen LogP contribution in [-0.2, 0) is 11.2 Å². The zero-order valence-corrected chi connectivity index (χ0v) is 13.7. The first-order valence-corrected chi connectivity index (χ1v) is 7.39. The first-order valence-electron chi connectivity index (χ1n) is 7.39. The van der Waals surface area contributed by atoms with Crippen molar-refractivity contribution in [2.75, 3.05) is 20.2 Å². The summed E-state index contributed by atoms with van der Waals surface area (Å²) in [4.78, 5) is 11.3. The summed E-state index contributed by atoms with van der Waals surface area (Å²) in [7, 11) is 1.92. The predicted octanol–water partition coefficient (Wildman–Crippen LogP) is 2.95. The summed E-state index contributed by atoms with van der Waals surface area (Å²) >= 11 is 0. The van der Waals surface area contributed by atoms with E-state index in [2.05, 4.69) is 5.32 Å². The standard InChI is InChI=1S/C17H27NO3/c1-12-10-15(21-8-6-7-18-5)13(2)9-14(12)11-17(3,4)16(19)20/h9-10,18H,6-8,11H2,1-5H3,(H,19,20). The van der Waals surface area contributed by atoms with Gasteiger partial charge in [0.05, 0.1) is 12.0 Å². The van der Waals surface area contributed by atoms with Crippen molar-refractivity contribution in [2.24, 2.45) is 5.41 Å². The summed E-state index contributed by atoms with van der Waals surface area (Å²) < 4.78 is 5.80. The number of carbonyl (C=O) groups is 1. The van der Waals surface area contributed by atoms with Gasteiger partial charge in [0, 0.05) is 0 Å². The normalized spacial score (nSPS) is 11.5. The Hall–Kier alpha value is -1.55. The molecule has 0 unspecified atom stereocenters. The van der Waals surface area contributed by atoms with E-state index in [0.717, 1.165) is 35.4 Å². The van der Waals surface area contributed by atoms with Gasteiger partial charge in [0.2, 0.25) is 0 Å². The van der Waals surface area contributed by atoms with Crippen LogP contribution in [0.2, 0.25) is 0 Å². The van der Waals surface area contributed by atoms with Gasteiger partial charge in [0.25, 0.3) is 0 Å². The van der Waals surface area contributed by atoms with Crippen LogP contribution >= 0.6 is 0 Å².